The lowest BCUT2D eigenvalue weighted by atomic mass is 10.1. The van der Waals surface area contributed by atoms with E-state index in [0.29, 0.717) is 6.54 Å². The van der Waals surface area contributed by atoms with Crippen molar-refractivity contribution in [3.05, 3.63) is 36.6 Å². The molecule has 0 aromatic heterocycles. The molecule has 1 aliphatic rings. The Morgan fingerprint density at radius 3 is 3.18 bits per heavy atom. The maximum absolute atomic E-state index is 5.09. The van der Waals surface area contributed by atoms with Crippen LogP contribution in [0.3, 0.4) is 0 Å². The Balaban J connectivity index is 2.53. The summed E-state index contributed by atoms with van der Waals surface area (Å²) in [5, 5.41) is 4.23. The molecule has 0 spiro atoms. The zero-order chi connectivity index (χ0) is 8.10. The van der Waals surface area contributed by atoms with Crippen LogP contribution in [0.5, 0.6) is 0 Å². The molecule has 0 saturated carbocycles. The van der Waals surface area contributed by atoms with Gasteiger partial charge in [-0.25, -0.2) is 0 Å². The van der Waals surface area contributed by atoms with Crippen molar-refractivity contribution in [2.75, 3.05) is 6.54 Å². The second kappa shape index (κ2) is 4.09. The quantitative estimate of drug-likeness (QED) is 0.459. The minimum Gasteiger partial charge on any atom is -0.280 e. The molecule has 0 saturated heterocycles. The van der Waals surface area contributed by atoms with Crippen LogP contribution in [0.2, 0.25) is 0 Å². The normalized spacial score (nSPS) is 16.0. The Kier molecular flexibility index (Phi) is 3.05. The number of nitrogens with zero attached hydrogens (tertiary/aromatic N) is 1. The summed E-state index contributed by atoms with van der Waals surface area (Å²) >= 11 is 5.09. The molecule has 1 aliphatic carbocycles. The van der Waals surface area contributed by atoms with E-state index < -0.39 is 0 Å². The van der Waals surface area contributed by atoms with E-state index in [1.807, 2.05) is 18.2 Å². The molecule has 0 heterocycles. The molecule has 0 aromatic rings. The molecule has 11 heavy (non-hydrogen) atoms. The van der Waals surface area contributed by atoms with Crippen LogP contribution in [0.1, 0.15) is 6.42 Å². The molecule has 0 N–H and O–H groups in total. The van der Waals surface area contributed by atoms with Crippen LogP contribution in [0.25, 0.3) is 0 Å². The highest BCUT2D eigenvalue weighted by Gasteiger charge is 2.05. The van der Waals surface area contributed by atoms with E-state index in [4.69, 9.17) is 12.2 Å². The van der Waals surface area contributed by atoms with Gasteiger partial charge in [-0.2, -0.15) is 0 Å². The predicted molar refractivity (Wildman–Crippen MR) is 51.6 cm³/mol. The Bertz CT molecular complexity index is 226. The van der Waals surface area contributed by atoms with Crippen molar-refractivity contribution in [3.63, 3.8) is 0 Å². The topological polar surface area (TPSA) is 14.1 Å². The fourth-order valence-electron chi connectivity index (χ4n) is 0.836. The first-order valence-corrected chi connectivity index (χ1v) is 3.94. The van der Waals surface area contributed by atoms with Gasteiger partial charge in [-0.05, 0) is 6.08 Å². The molecule has 0 atom stereocenters. The first kappa shape index (κ1) is 8.21. The summed E-state index contributed by atoms with van der Waals surface area (Å²) in [5.41, 5.74) is 0.933. The average Bonchev–Trinajstić information content (AvgIpc) is 2.03. The second-order valence-corrected chi connectivity index (χ2v) is 2.73. The summed E-state index contributed by atoms with van der Waals surface area (Å²) in [6.45, 7) is 4.24. The molecule has 0 fully saturated rings. The van der Waals surface area contributed by atoms with Gasteiger partial charge in [0.05, 0.1) is 12.2 Å². The van der Waals surface area contributed by atoms with Gasteiger partial charge >= 0.3 is 0 Å². The highest BCUT2D eigenvalue weighted by molar-refractivity contribution is 7.80. The molecule has 1 nitrogen and oxygen atoms in total. The first-order chi connectivity index (χ1) is 5.34. The largest absolute Gasteiger partial charge is 0.280 e. The van der Waals surface area contributed by atoms with Crippen LogP contribution < -0.4 is 5.32 Å². The van der Waals surface area contributed by atoms with Crippen molar-refractivity contribution in [2.45, 2.75) is 6.42 Å². The first-order valence-electron chi connectivity index (χ1n) is 3.53. The van der Waals surface area contributed by atoms with E-state index in [0.717, 1.165) is 17.0 Å². The third-order valence-electron chi connectivity index (χ3n) is 1.37. The maximum Gasteiger partial charge on any atom is 0.0720 e. The fraction of sp³-hybridized carbons (Fsp3) is 0.222. The molecular weight excluding hydrogens is 154 g/mol. The summed E-state index contributed by atoms with van der Waals surface area (Å²) in [6.07, 6.45) is 8.58. The molecular formula is C9H10NS. The van der Waals surface area contributed by atoms with Gasteiger partial charge in [-0.15, -0.1) is 6.58 Å². The molecule has 0 bridgehead atoms. The number of hydrogen-bond donors (Lipinski definition) is 0. The second-order valence-electron chi connectivity index (χ2n) is 2.24. The van der Waals surface area contributed by atoms with Crippen LogP contribution >= 0.6 is 12.2 Å². The highest BCUT2D eigenvalue weighted by Crippen LogP contribution is 2.07. The van der Waals surface area contributed by atoms with Gasteiger partial charge in [-0.3, -0.25) is 5.32 Å². The highest BCUT2D eigenvalue weighted by atomic mass is 32.1. The molecule has 57 valence electrons. The zero-order valence-electron chi connectivity index (χ0n) is 6.29. The van der Waals surface area contributed by atoms with Gasteiger partial charge in [0.2, 0.25) is 0 Å². The van der Waals surface area contributed by atoms with Crippen LogP contribution in [0.15, 0.2) is 36.6 Å². The number of hydrogen-bond acceptors (Lipinski definition) is 1. The fourth-order valence-corrected chi connectivity index (χ4v) is 1.06. The lowest BCUT2D eigenvalue weighted by Gasteiger charge is -2.08. The zero-order valence-corrected chi connectivity index (χ0v) is 7.10. The Hall–Kier alpha value is -0.890. The lowest BCUT2D eigenvalue weighted by molar-refractivity contribution is 0.928. The molecule has 2 heteroatoms. The molecule has 0 amide bonds. The average molecular weight is 164 g/mol. The van der Waals surface area contributed by atoms with Crippen molar-refractivity contribution in [1.82, 2.24) is 5.32 Å². The summed E-state index contributed by atoms with van der Waals surface area (Å²) in [6, 6.07) is 0. The summed E-state index contributed by atoms with van der Waals surface area (Å²) in [5.74, 6) is 0. The van der Waals surface area contributed by atoms with E-state index >= 15 is 0 Å². The van der Waals surface area contributed by atoms with Crippen molar-refractivity contribution in [2.24, 2.45) is 0 Å². The van der Waals surface area contributed by atoms with E-state index in [9.17, 15) is 0 Å². The molecule has 0 unspecified atom stereocenters. The summed E-state index contributed by atoms with van der Waals surface area (Å²) < 4.78 is 0. The van der Waals surface area contributed by atoms with E-state index in [1.165, 1.54) is 0 Å². The van der Waals surface area contributed by atoms with Crippen molar-refractivity contribution in [1.29, 1.82) is 0 Å². The minimum absolute atomic E-state index is 0.653. The van der Waals surface area contributed by atoms with Gasteiger partial charge in [0.15, 0.2) is 0 Å². The van der Waals surface area contributed by atoms with E-state index in [-0.39, 0.29) is 0 Å². The Labute approximate surface area is 72.5 Å². The van der Waals surface area contributed by atoms with Crippen LogP contribution in [0.4, 0.5) is 0 Å². The van der Waals surface area contributed by atoms with Gasteiger partial charge in [0.25, 0.3) is 0 Å². The third kappa shape index (κ3) is 2.31. The third-order valence-corrected chi connectivity index (χ3v) is 1.75. The van der Waals surface area contributed by atoms with Crippen LogP contribution in [-0.4, -0.2) is 11.4 Å². The lowest BCUT2D eigenvalue weighted by Crippen LogP contribution is -2.13. The Morgan fingerprint density at radius 2 is 2.55 bits per heavy atom. The van der Waals surface area contributed by atoms with Crippen LogP contribution in [-0.2, 0) is 0 Å². The smallest absolute Gasteiger partial charge is 0.0720 e. The molecule has 0 aliphatic heterocycles. The molecule has 0 aromatic carbocycles. The minimum atomic E-state index is 0.653. The molecule has 1 radical (unpaired) electrons. The van der Waals surface area contributed by atoms with Gasteiger partial charge in [0.1, 0.15) is 0 Å². The standard InChI is InChI=1S/C9H10NS/c1-2-7-10-8-5-3-4-6-9(8)11/h2-5H,1,6-7H2. The Morgan fingerprint density at radius 1 is 1.73 bits per heavy atom. The number of thiocarbonyl (C=S) groups is 1. The van der Waals surface area contributed by atoms with Gasteiger partial charge in [-0.1, -0.05) is 30.4 Å². The SMILES string of the molecule is C=CC[N]C1=CC=CCC1=S. The number of rotatable bonds is 3. The number of allylic oxidation sites excluding steroid dienone is 4. The van der Waals surface area contributed by atoms with E-state index in [1.54, 1.807) is 6.08 Å². The molecule has 1 rings (SSSR count). The monoisotopic (exact) mass is 164 g/mol. The predicted octanol–water partition coefficient (Wildman–Crippen LogP) is 1.99. The maximum atomic E-state index is 5.09. The summed E-state index contributed by atoms with van der Waals surface area (Å²) in [7, 11) is 0. The van der Waals surface area contributed by atoms with Gasteiger partial charge < -0.3 is 0 Å². The van der Waals surface area contributed by atoms with Crippen LogP contribution in [0, 0.1) is 0 Å². The van der Waals surface area contributed by atoms with Crippen molar-refractivity contribution >= 4 is 17.1 Å². The van der Waals surface area contributed by atoms with Crippen molar-refractivity contribution in [3.8, 4) is 0 Å². The van der Waals surface area contributed by atoms with Gasteiger partial charge in [0, 0.05) is 11.3 Å². The van der Waals surface area contributed by atoms with E-state index in [2.05, 4.69) is 11.9 Å². The van der Waals surface area contributed by atoms with Crippen molar-refractivity contribution < 1.29 is 0 Å². The summed E-state index contributed by atoms with van der Waals surface area (Å²) in [4.78, 5) is 0.925.